The van der Waals surface area contributed by atoms with Crippen molar-refractivity contribution in [3.63, 3.8) is 0 Å². The Labute approximate surface area is 160 Å². The molecule has 146 valence electrons. The Balaban J connectivity index is 1.40. The number of carbonyl (C=O) groups is 1. The normalized spacial score (nSPS) is 22.4. The van der Waals surface area contributed by atoms with Crippen LogP contribution in [0.5, 0.6) is 0 Å². The van der Waals surface area contributed by atoms with Crippen LogP contribution in [0.1, 0.15) is 63.6 Å². The Hall–Kier alpha value is -2.18. The molecule has 1 saturated carbocycles. The van der Waals surface area contributed by atoms with E-state index in [4.69, 9.17) is 0 Å². The van der Waals surface area contributed by atoms with Crippen molar-refractivity contribution in [2.24, 2.45) is 5.92 Å². The molecule has 7 heteroatoms. The second-order valence-corrected chi connectivity index (χ2v) is 8.04. The van der Waals surface area contributed by atoms with Gasteiger partial charge in [0, 0.05) is 19.1 Å². The Morgan fingerprint density at radius 2 is 1.81 bits per heavy atom. The second kappa shape index (κ2) is 8.23. The summed E-state index contributed by atoms with van der Waals surface area (Å²) in [5.74, 6) is 1.95. The van der Waals surface area contributed by atoms with E-state index in [1.165, 1.54) is 32.1 Å². The van der Waals surface area contributed by atoms with Crippen LogP contribution in [0.15, 0.2) is 12.1 Å². The third-order valence-electron chi connectivity index (χ3n) is 5.97. The Kier molecular flexibility index (Phi) is 5.55. The van der Waals surface area contributed by atoms with Gasteiger partial charge in [0.2, 0.25) is 5.91 Å². The molecule has 3 heterocycles. The molecule has 2 aliphatic rings. The lowest BCUT2D eigenvalue weighted by Crippen LogP contribution is -2.46. The van der Waals surface area contributed by atoms with Crippen molar-refractivity contribution in [2.75, 3.05) is 18.0 Å². The first-order chi connectivity index (χ1) is 13.2. The fourth-order valence-electron chi connectivity index (χ4n) is 4.37. The number of nitrogens with one attached hydrogen (secondary N) is 1. The van der Waals surface area contributed by atoms with Crippen molar-refractivity contribution in [2.45, 2.75) is 70.8 Å². The molecular weight excluding hydrogens is 340 g/mol. The van der Waals surface area contributed by atoms with E-state index in [0.29, 0.717) is 6.04 Å². The van der Waals surface area contributed by atoms with Crippen molar-refractivity contribution in [1.82, 2.24) is 25.1 Å². The Bertz CT molecular complexity index is 780. The zero-order valence-corrected chi connectivity index (χ0v) is 16.2. The van der Waals surface area contributed by atoms with Gasteiger partial charge in [-0.05, 0) is 44.7 Å². The molecule has 1 aliphatic carbocycles. The lowest BCUT2D eigenvalue weighted by molar-refractivity contribution is -0.126. The molecule has 27 heavy (non-hydrogen) atoms. The minimum atomic E-state index is 0.0451. The molecule has 1 atom stereocenters. The summed E-state index contributed by atoms with van der Waals surface area (Å²) in [7, 11) is 0. The summed E-state index contributed by atoms with van der Waals surface area (Å²) in [6.45, 7) is 3.57. The highest BCUT2D eigenvalue weighted by atomic mass is 16.2. The van der Waals surface area contributed by atoms with Crippen LogP contribution in [0, 0.1) is 12.8 Å². The van der Waals surface area contributed by atoms with Crippen molar-refractivity contribution in [3.05, 3.63) is 18.0 Å². The van der Waals surface area contributed by atoms with E-state index in [9.17, 15) is 4.79 Å². The Morgan fingerprint density at radius 1 is 1.04 bits per heavy atom. The number of anilines is 1. The summed E-state index contributed by atoms with van der Waals surface area (Å²) in [6.07, 6.45) is 10.7. The van der Waals surface area contributed by atoms with Gasteiger partial charge in [-0.15, -0.1) is 15.3 Å². The summed E-state index contributed by atoms with van der Waals surface area (Å²) >= 11 is 0. The number of carbonyl (C=O) groups excluding carboxylic acids is 1. The van der Waals surface area contributed by atoms with E-state index in [1.54, 1.807) is 4.52 Å². The van der Waals surface area contributed by atoms with Crippen LogP contribution < -0.4 is 10.2 Å². The third-order valence-corrected chi connectivity index (χ3v) is 5.97. The maximum Gasteiger partial charge on any atom is 0.225 e. The van der Waals surface area contributed by atoms with Gasteiger partial charge >= 0.3 is 0 Å². The van der Waals surface area contributed by atoms with Crippen LogP contribution in [0.2, 0.25) is 0 Å². The van der Waals surface area contributed by atoms with E-state index in [0.717, 1.165) is 56.1 Å². The fourth-order valence-corrected chi connectivity index (χ4v) is 4.37. The fraction of sp³-hybridized carbons (Fsp3) is 0.700. The summed E-state index contributed by atoms with van der Waals surface area (Å²) in [4.78, 5) is 15.1. The molecule has 0 unspecified atom stereocenters. The number of rotatable bonds is 3. The van der Waals surface area contributed by atoms with Gasteiger partial charge in [-0.1, -0.05) is 32.1 Å². The quantitative estimate of drug-likeness (QED) is 0.899. The average Bonchev–Trinajstić information content (AvgIpc) is 3.04. The third kappa shape index (κ3) is 4.22. The van der Waals surface area contributed by atoms with Crippen LogP contribution in [-0.4, -0.2) is 44.8 Å². The van der Waals surface area contributed by atoms with Gasteiger partial charge in [-0.2, -0.15) is 4.52 Å². The predicted molar refractivity (Wildman–Crippen MR) is 105 cm³/mol. The number of aromatic nitrogens is 4. The zero-order valence-electron chi connectivity index (χ0n) is 16.2. The van der Waals surface area contributed by atoms with Crippen molar-refractivity contribution >= 4 is 17.4 Å². The molecule has 2 fully saturated rings. The maximum atomic E-state index is 12.9. The molecule has 2 aromatic rings. The van der Waals surface area contributed by atoms with Gasteiger partial charge in [-0.25, -0.2) is 0 Å². The first kappa shape index (κ1) is 18.2. The molecule has 1 saturated heterocycles. The summed E-state index contributed by atoms with van der Waals surface area (Å²) in [5.41, 5.74) is 0.756. The minimum Gasteiger partial charge on any atom is -0.354 e. The van der Waals surface area contributed by atoms with Gasteiger partial charge in [0.1, 0.15) is 5.82 Å². The highest BCUT2D eigenvalue weighted by molar-refractivity contribution is 5.79. The number of aryl methyl sites for hydroxylation is 1. The molecule has 0 radical (unpaired) electrons. The molecule has 0 spiro atoms. The Morgan fingerprint density at radius 3 is 2.63 bits per heavy atom. The highest BCUT2D eigenvalue weighted by Gasteiger charge is 2.28. The minimum absolute atomic E-state index is 0.0451. The number of hydrogen-bond acceptors (Lipinski definition) is 5. The van der Waals surface area contributed by atoms with Crippen LogP contribution in [-0.2, 0) is 4.79 Å². The van der Waals surface area contributed by atoms with E-state index in [1.807, 2.05) is 19.1 Å². The van der Waals surface area contributed by atoms with Gasteiger partial charge in [0.05, 0.1) is 5.92 Å². The number of nitrogens with zero attached hydrogens (tertiary/aromatic N) is 5. The lowest BCUT2D eigenvalue weighted by atomic mass is 9.94. The molecule has 0 bridgehead atoms. The first-order valence-electron chi connectivity index (χ1n) is 10.4. The molecule has 2 aromatic heterocycles. The number of fused-ring (bicyclic) bond motifs is 1. The van der Waals surface area contributed by atoms with Crippen molar-refractivity contribution in [1.29, 1.82) is 0 Å². The monoisotopic (exact) mass is 370 g/mol. The summed E-state index contributed by atoms with van der Waals surface area (Å²) in [5, 5.41) is 16.2. The zero-order chi connectivity index (χ0) is 18.6. The lowest BCUT2D eigenvalue weighted by Gasteiger charge is -2.33. The van der Waals surface area contributed by atoms with Crippen molar-refractivity contribution in [3.8, 4) is 0 Å². The first-order valence-corrected chi connectivity index (χ1v) is 10.4. The SMILES string of the molecule is Cc1nnc2ccc(N3CCC[C@H](C(=O)NC4CCCCCCC4)C3)nn12. The topological polar surface area (TPSA) is 75.4 Å². The molecule has 1 N–H and O–H groups in total. The van der Waals surface area contributed by atoms with E-state index in [-0.39, 0.29) is 11.8 Å². The molecule has 7 nitrogen and oxygen atoms in total. The van der Waals surface area contributed by atoms with Crippen LogP contribution in [0.25, 0.3) is 5.65 Å². The van der Waals surface area contributed by atoms with E-state index < -0.39 is 0 Å². The average molecular weight is 371 g/mol. The van der Waals surface area contributed by atoms with Crippen molar-refractivity contribution < 1.29 is 4.79 Å². The second-order valence-electron chi connectivity index (χ2n) is 8.04. The van der Waals surface area contributed by atoms with E-state index >= 15 is 0 Å². The van der Waals surface area contributed by atoms with Gasteiger partial charge in [0.25, 0.3) is 0 Å². The van der Waals surface area contributed by atoms with Gasteiger partial charge < -0.3 is 10.2 Å². The molecule has 0 aromatic carbocycles. The van der Waals surface area contributed by atoms with E-state index in [2.05, 4.69) is 25.5 Å². The molecule has 1 amide bonds. The van der Waals surface area contributed by atoms with Crippen LogP contribution in [0.4, 0.5) is 5.82 Å². The number of hydrogen-bond donors (Lipinski definition) is 1. The molecular formula is C20H30N6O. The van der Waals surface area contributed by atoms with Crippen LogP contribution >= 0.6 is 0 Å². The maximum absolute atomic E-state index is 12.9. The molecule has 4 rings (SSSR count). The predicted octanol–water partition coefficient (Wildman–Crippen LogP) is 2.88. The largest absolute Gasteiger partial charge is 0.354 e. The number of piperidine rings is 1. The smallest absolute Gasteiger partial charge is 0.225 e. The standard InChI is InChI=1S/C20H30N6O/c1-15-22-23-18-11-12-19(24-26(15)18)25-13-7-8-16(14-25)20(27)21-17-9-5-3-2-4-6-10-17/h11-12,16-17H,2-10,13-14H2,1H3,(H,21,27)/t16-/m0/s1. The molecule has 1 aliphatic heterocycles. The van der Waals surface area contributed by atoms with Crippen LogP contribution in [0.3, 0.4) is 0 Å². The summed E-state index contributed by atoms with van der Waals surface area (Å²) < 4.78 is 1.77. The highest BCUT2D eigenvalue weighted by Crippen LogP contribution is 2.23. The van der Waals surface area contributed by atoms with Gasteiger partial charge in [-0.3, -0.25) is 4.79 Å². The number of amides is 1. The summed E-state index contributed by atoms with van der Waals surface area (Å²) in [6, 6.07) is 4.29. The van der Waals surface area contributed by atoms with Gasteiger partial charge in [0.15, 0.2) is 11.5 Å².